The number of amides is 2. The van der Waals surface area contributed by atoms with Crippen LogP contribution in [0.25, 0.3) is 65.2 Å². The van der Waals surface area contributed by atoms with Crippen molar-refractivity contribution in [1.82, 2.24) is 30.4 Å². The number of rotatable bonds is 17. The molecule has 0 saturated carbocycles. The summed E-state index contributed by atoms with van der Waals surface area (Å²) in [7, 11) is 3.25. The summed E-state index contributed by atoms with van der Waals surface area (Å²) in [6.45, 7) is 6.23. The third-order valence-electron chi connectivity index (χ3n) is 18.0. The number of aliphatic hydroxyl groups is 8. The number of nitrogens with one attached hydrogen (secondary N) is 4. The third kappa shape index (κ3) is 10.1. The Balaban J connectivity index is 0.662. The van der Waals surface area contributed by atoms with Gasteiger partial charge in [-0.2, -0.15) is 0 Å². The maximum atomic E-state index is 13.3. The van der Waals surface area contributed by atoms with Crippen LogP contribution in [-0.4, -0.2) is 187 Å². The van der Waals surface area contributed by atoms with Crippen molar-refractivity contribution in [2.24, 2.45) is 11.8 Å². The van der Waals surface area contributed by atoms with E-state index in [1.807, 2.05) is 48.5 Å². The van der Waals surface area contributed by atoms with Crippen LogP contribution in [0.1, 0.15) is 36.8 Å². The lowest BCUT2D eigenvalue weighted by Gasteiger charge is -2.39. The van der Waals surface area contributed by atoms with Crippen LogP contribution in [0.15, 0.2) is 85.5 Å². The number of pyridine rings is 2. The first-order valence-electron chi connectivity index (χ1n) is 28.2. The number of carbonyl (C=O) groups is 2. The van der Waals surface area contributed by atoms with Crippen molar-refractivity contribution in [3.05, 3.63) is 96.6 Å². The summed E-state index contributed by atoms with van der Waals surface area (Å²) in [4.78, 5) is 38.8. The lowest BCUT2D eigenvalue weighted by atomic mass is 9.79. The van der Waals surface area contributed by atoms with Crippen molar-refractivity contribution in [2.45, 2.75) is 100 Å². The standard InChI is InChI=1S/C60H70N8O14/c1-79-39-3-5-45-41(25-39)49-43-29-67(17-11-35(43)23-37(51(49)63-45)27-61-57(75)59(77)55(73)53(71)47(31-69)81-59)21-19-65-13-7-33(8-14-65)34-9-15-66(16-10-34)20-22-68-18-12-36-24-38(28-62-58(76)60(78)56(74)54(72)48(32-70)82-60)52-50(44(36)30-68)42-26-40(80-2)4-6-46(42)64-52/h3-6,11-12,17-18,23-26,29-30,33-34,47-48,53-56,69-74,77-78H,7-10,13-16,19-22,27-28,31-32H2,1-2H3,(H2,61,62,75,76)/p+2/t47-,48?,53+,54+,55-,56-,59-,60-/m1/s1. The molecule has 12 N–H and O–H groups in total. The maximum absolute atomic E-state index is 13.3. The molecule has 8 heterocycles. The monoisotopic (exact) mass is 1130 g/mol. The fourth-order valence-corrected chi connectivity index (χ4v) is 13.2. The zero-order valence-corrected chi connectivity index (χ0v) is 45.8. The van der Waals surface area contributed by atoms with Crippen molar-refractivity contribution in [3.8, 4) is 11.5 Å². The molecule has 8 aromatic rings. The highest BCUT2D eigenvalue weighted by atomic mass is 16.7. The molecule has 4 fully saturated rings. The number of fused-ring (bicyclic) bond motifs is 10. The maximum Gasteiger partial charge on any atom is 0.283 e. The molecule has 0 bridgehead atoms. The van der Waals surface area contributed by atoms with Gasteiger partial charge in [0.1, 0.15) is 48.1 Å². The molecule has 8 atom stereocenters. The minimum Gasteiger partial charge on any atom is -0.497 e. The zero-order chi connectivity index (χ0) is 57.2. The number of benzene rings is 4. The fourth-order valence-electron chi connectivity index (χ4n) is 13.2. The summed E-state index contributed by atoms with van der Waals surface area (Å²) in [5, 5.41) is 95.5. The van der Waals surface area contributed by atoms with Gasteiger partial charge in [-0.3, -0.25) is 19.4 Å². The van der Waals surface area contributed by atoms with Gasteiger partial charge in [0.15, 0.2) is 37.9 Å². The summed E-state index contributed by atoms with van der Waals surface area (Å²) in [6, 6.07) is 19.8. The number of H-pyrrole nitrogens is 2. The van der Waals surface area contributed by atoms with Gasteiger partial charge < -0.3 is 80.4 Å². The first-order valence-corrected chi connectivity index (χ1v) is 28.2. The highest BCUT2D eigenvalue weighted by Gasteiger charge is 2.59. The van der Waals surface area contributed by atoms with Crippen LogP contribution in [0.3, 0.4) is 0 Å². The Hall–Kier alpha value is -6.64. The van der Waals surface area contributed by atoms with Crippen LogP contribution in [-0.2, 0) is 45.2 Å². The number of aromatic amines is 2. The molecule has 4 aliphatic rings. The molecule has 1 unspecified atom stereocenters. The van der Waals surface area contributed by atoms with E-state index in [0.29, 0.717) is 23.3 Å². The Bertz CT molecular complexity index is 3470. The number of carbonyl (C=O) groups excluding carboxylic acids is 2. The van der Waals surface area contributed by atoms with Crippen molar-refractivity contribution in [2.75, 3.05) is 66.7 Å². The fraction of sp³-hybridized carbons (Fsp3) is 0.467. The van der Waals surface area contributed by atoms with Gasteiger partial charge in [-0.1, -0.05) is 0 Å². The predicted molar refractivity (Wildman–Crippen MR) is 300 cm³/mol. The van der Waals surface area contributed by atoms with Gasteiger partial charge in [0, 0.05) is 57.8 Å². The molecule has 2 amide bonds. The summed E-state index contributed by atoms with van der Waals surface area (Å²) in [5.74, 6) is -4.74. The minimum atomic E-state index is -2.73. The molecule has 12 rings (SSSR count). The first kappa shape index (κ1) is 55.9. The van der Waals surface area contributed by atoms with Crippen molar-refractivity contribution in [3.63, 3.8) is 0 Å². The lowest BCUT2D eigenvalue weighted by Crippen LogP contribution is -2.54. The Morgan fingerprint density at radius 1 is 0.610 bits per heavy atom. The number of aliphatic hydroxyl groups excluding tert-OH is 6. The second-order valence-electron chi connectivity index (χ2n) is 22.7. The number of aromatic nitrogens is 4. The highest BCUT2D eigenvalue weighted by Crippen LogP contribution is 2.39. The van der Waals surface area contributed by atoms with E-state index in [2.05, 4.69) is 76.5 Å². The van der Waals surface area contributed by atoms with Crippen LogP contribution < -0.4 is 29.2 Å². The van der Waals surface area contributed by atoms with E-state index in [4.69, 9.17) is 18.9 Å². The molecular weight excluding hydrogens is 1060 g/mol. The summed E-state index contributed by atoms with van der Waals surface area (Å²) in [5.41, 5.74) is 4.80. The molecule has 82 heavy (non-hydrogen) atoms. The summed E-state index contributed by atoms with van der Waals surface area (Å²) in [6.07, 6.45) is 3.40. The lowest BCUT2D eigenvalue weighted by molar-refractivity contribution is -0.695. The van der Waals surface area contributed by atoms with Crippen LogP contribution in [0, 0.1) is 11.8 Å². The van der Waals surface area contributed by atoms with E-state index in [9.17, 15) is 50.4 Å². The van der Waals surface area contributed by atoms with E-state index in [1.54, 1.807) is 14.2 Å². The molecule has 0 spiro atoms. The van der Waals surface area contributed by atoms with E-state index in [1.165, 1.54) is 25.7 Å². The van der Waals surface area contributed by atoms with Crippen LogP contribution in [0.5, 0.6) is 11.5 Å². The van der Waals surface area contributed by atoms with Gasteiger partial charge in [0.05, 0.1) is 62.3 Å². The number of ether oxygens (including phenoxy) is 4. The number of nitrogens with zero attached hydrogens (tertiary/aromatic N) is 4. The predicted octanol–water partition coefficient (Wildman–Crippen LogP) is 0.814. The van der Waals surface area contributed by atoms with E-state index in [0.717, 1.165) is 129 Å². The Kier molecular flexibility index (Phi) is 15.3. The van der Waals surface area contributed by atoms with E-state index >= 15 is 0 Å². The average Bonchev–Trinajstić information content (AvgIpc) is 4.02. The molecule has 4 aromatic heterocycles. The number of methoxy groups -OCH3 is 2. The summed E-state index contributed by atoms with van der Waals surface area (Å²) >= 11 is 0. The molecule has 434 valence electrons. The molecule has 4 aliphatic heterocycles. The second-order valence-corrected chi connectivity index (χ2v) is 22.7. The Morgan fingerprint density at radius 3 is 1.38 bits per heavy atom. The third-order valence-corrected chi connectivity index (χ3v) is 18.0. The SMILES string of the molecule is COc1ccc2[nH]c3c(CNC(=O)[C@]4(O)O[C@H](CO)[C@H](O)[C@H]4O)cc4cc[n+](CCN5CCC(C6CCN(CC[n+]7ccc8cc(CNC(=O)[C@]9(O)OC(CO)[C@H](O)[C@H]9O)c9[nH]c%10ccc(OC)cc%10c9c8c7)CC6)CC5)cc4c3c2c1. The number of hydrogen-bond acceptors (Lipinski definition) is 16. The highest BCUT2D eigenvalue weighted by molar-refractivity contribution is 6.22. The van der Waals surface area contributed by atoms with Gasteiger partial charge >= 0.3 is 0 Å². The number of hydrogen-bond donors (Lipinski definition) is 12. The van der Waals surface area contributed by atoms with Gasteiger partial charge in [0.25, 0.3) is 23.4 Å². The topological polar surface area (TPSA) is 303 Å². The molecule has 4 saturated heterocycles. The van der Waals surface area contributed by atoms with Gasteiger partial charge in [-0.25, -0.2) is 9.13 Å². The molecule has 22 nitrogen and oxygen atoms in total. The smallest absolute Gasteiger partial charge is 0.283 e. The molecule has 0 aliphatic carbocycles. The largest absolute Gasteiger partial charge is 0.497 e. The molecule has 22 heteroatoms. The Morgan fingerprint density at radius 2 is 1.01 bits per heavy atom. The minimum absolute atomic E-state index is 0.0313. The van der Waals surface area contributed by atoms with Gasteiger partial charge in [0.2, 0.25) is 0 Å². The Labute approximate surface area is 471 Å². The quantitative estimate of drug-likeness (QED) is 0.0562. The van der Waals surface area contributed by atoms with Crippen LogP contribution >= 0.6 is 0 Å². The zero-order valence-electron chi connectivity index (χ0n) is 45.8. The van der Waals surface area contributed by atoms with Crippen molar-refractivity contribution in [1.29, 1.82) is 0 Å². The van der Waals surface area contributed by atoms with Crippen molar-refractivity contribution >= 4 is 77.0 Å². The number of piperidine rings is 2. The number of likely N-dealkylation sites (tertiary alicyclic amines) is 2. The van der Waals surface area contributed by atoms with E-state index in [-0.39, 0.29) is 13.1 Å². The van der Waals surface area contributed by atoms with Crippen LogP contribution in [0.2, 0.25) is 0 Å². The normalized spacial score (nSPS) is 26.1. The van der Waals surface area contributed by atoms with E-state index < -0.39 is 73.2 Å². The van der Waals surface area contributed by atoms with Gasteiger partial charge in [-0.15, -0.1) is 0 Å². The molecule has 0 radical (unpaired) electrons. The second kappa shape index (κ2) is 22.5. The molecular formula is C60H72N8O14+2. The summed E-state index contributed by atoms with van der Waals surface area (Å²) < 4.78 is 26.2. The first-order chi connectivity index (χ1) is 39.6. The van der Waals surface area contributed by atoms with Crippen LogP contribution in [0.4, 0.5) is 0 Å². The van der Waals surface area contributed by atoms with Gasteiger partial charge in [-0.05, 0) is 134 Å². The molecule has 4 aromatic carbocycles. The average molecular weight is 1130 g/mol. The van der Waals surface area contributed by atoms with Crippen molar-refractivity contribution < 1.29 is 78.5 Å².